The summed E-state index contributed by atoms with van der Waals surface area (Å²) in [5, 5.41) is 0. The summed E-state index contributed by atoms with van der Waals surface area (Å²) in [6.45, 7) is 6.28. The third-order valence-electron chi connectivity index (χ3n) is 3.53. The van der Waals surface area contributed by atoms with Crippen molar-refractivity contribution in [2.75, 3.05) is 4.90 Å². The fourth-order valence-electron chi connectivity index (χ4n) is 2.47. The van der Waals surface area contributed by atoms with Crippen molar-refractivity contribution in [3.05, 3.63) is 73.3 Å². The molecule has 0 N–H and O–H groups in total. The minimum atomic E-state index is 0.333. The molecule has 20 heavy (non-hydrogen) atoms. The number of benzene rings is 2. The van der Waals surface area contributed by atoms with Gasteiger partial charge in [0, 0.05) is 11.4 Å². The Kier molecular flexibility index (Phi) is 5.43. The standard InChI is InChI=1S/C19H23N/c1-3-5-12-17(4-2)20(18-13-8-6-9-14-18)19-15-10-7-11-16-19/h4,6-11,13-17H,2-3,5,12H2,1H3. The first-order valence-electron chi connectivity index (χ1n) is 7.38. The van der Waals surface area contributed by atoms with Gasteiger partial charge >= 0.3 is 0 Å². The summed E-state index contributed by atoms with van der Waals surface area (Å²) in [6.07, 6.45) is 5.62. The minimum absolute atomic E-state index is 0.333. The maximum atomic E-state index is 4.04. The number of rotatable bonds is 7. The summed E-state index contributed by atoms with van der Waals surface area (Å²) in [5.74, 6) is 0. The van der Waals surface area contributed by atoms with Gasteiger partial charge in [0.1, 0.15) is 0 Å². The van der Waals surface area contributed by atoms with Crippen LogP contribution < -0.4 is 4.90 Å². The van der Waals surface area contributed by atoms with Crippen LogP contribution in [-0.2, 0) is 0 Å². The van der Waals surface area contributed by atoms with Gasteiger partial charge in [-0.3, -0.25) is 0 Å². The van der Waals surface area contributed by atoms with Crippen LogP contribution in [0.5, 0.6) is 0 Å². The molecule has 0 fully saturated rings. The predicted molar refractivity (Wildman–Crippen MR) is 88.5 cm³/mol. The van der Waals surface area contributed by atoms with Crippen molar-refractivity contribution in [3.8, 4) is 0 Å². The van der Waals surface area contributed by atoms with E-state index in [1.165, 1.54) is 24.2 Å². The largest absolute Gasteiger partial charge is 0.335 e. The van der Waals surface area contributed by atoms with Crippen LogP contribution in [0.15, 0.2) is 73.3 Å². The van der Waals surface area contributed by atoms with Crippen molar-refractivity contribution in [3.63, 3.8) is 0 Å². The van der Waals surface area contributed by atoms with Crippen molar-refractivity contribution in [2.24, 2.45) is 0 Å². The van der Waals surface area contributed by atoms with Crippen molar-refractivity contribution < 1.29 is 0 Å². The molecule has 1 unspecified atom stereocenters. The van der Waals surface area contributed by atoms with Gasteiger partial charge < -0.3 is 4.90 Å². The highest BCUT2D eigenvalue weighted by Crippen LogP contribution is 2.29. The van der Waals surface area contributed by atoms with Gasteiger partial charge in [0.05, 0.1) is 6.04 Å². The number of hydrogen-bond donors (Lipinski definition) is 0. The second-order valence-corrected chi connectivity index (χ2v) is 4.99. The molecular formula is C19H23N. The first kappa shape index (κ1) is 14.4. The van der Waals surface area contributed by atoms with E-state index in [1.807, 2.05) is 0 Å². The van der Waals surface area contributed by atoms with Crippen LogP contribution in [-0.4, -0.2) is 6.04 Å². The Morgan fingerprint density at radius 2 is 1.45 bits per heavy atom. The quantitative estimate of drug-likeness (QED) is 0.591. The van der Waals surface area contributed by atoms with Gasteiger partial charge in [-0.1, -0.05) is 62.2 Å². The Morgan fingerprint density at radius 3 is 1.85 bits per heavy atom. The van der Waals surface area contributed by atoms with E-state index in [0.29, 0.717) is 6.04 Å². The van der Waals surface area contributed by atoms with Gasteiger partial charge in [-0.2, -0.15) is 0 Å². The van der Waals surface area contributed by atoms with Crippen molar-refractivity contribution in [1.29, 1.82) is 0 Å². The van der Waals surface area contributed by atoms with Gasteiger partial charge in [-0.25, -0.2) is 0 Å². The molecule has 2 rings (SSSR count). The number of anilines is 2. The Hall–Kier alpha value is -2.02. The van der Waals surface area contributed by atoms with Crippen LogP contribution in [0.4, 0.5) is 11.4 Å². The SMILES string of the molecule is C=CC(CCCC)N(c1ccccc1)c1ccccc1. The van der Waals surface area contributed by atoms with Crippen LogP contribution >= 0.6 is 0 Å². The normalized spacial score (nSPS) is 11.8. The molecule has 0 amide bonds. The first-order valence-corrected chi connectivity index (χ1v) is 7.38. The molecule has 0 radical (unpaired) electrons. The average molecular weight is 265 g/mol. The molecule has 0 aromatic heterocycles. The average Bonchev–Trinajstić information content (AvgIpc) is 2.53. The van der Waals surface area contributed by atoms with E-state index in [4.69, 9.17) is 0 Å². The highest BCUT2D eigenvalue weighted by molar-refractivity contribution is 5.64. The highest BCUT2D eigenvalue weighted by atomic mass is 15.2. The zero-order chi connectivity index (χ0) is 14.2. The molecule has 0 bridgehead atoms. The summed E-state index contributed by atoms with van der Waals surface area (Å²) < 4.78 is 0. The second-order valence-electron chi connectivity index (χ2n) is 4.99. The molecule has 0 aliphatic heterocycles. The van der Waals surface area contributed by atoms with E-state index >= 15 is 0 Å². The lowest BCUT2D eigenvalue weighted by Crippen LogP contribution is -2.29. The van der Waals surface area contributed by atoms with Gasteiger partial charge in [0.2, 0.25) is 0 Å². The van der Waals surface area contributed by atoms with Crippen LogP contribution in [0, 0.1) is 0 Å². The number of hydrogen-bond acceptors (Lipinski definition) is 1. The summed E-state index contributed by atoms with van der Waals surface area (Å²) in [7, 11) is 0. The molecule has 2 aromatic carbocycles. The van der Waals surface area contributed by atoms with E-state index in [9.17, 15) is 0 Å². The van der Waals surface area contributed by atoms with Gasteiger partial charge in [0.25, 0.3) is 0 Å². The van der Waals surface area contributed by atoms with E-state index in [0.717, 1.165) is 6.42 Å². The van der Waals surface area contributed by atoms with E-state index in [-0.39, 0.29) is 0 Å². The Morgan fingerprint density at radius 1 is 0.950 bits per heavy atom. The Balaban J connectivity index is 2.36. The maximum absolute atomic E-state index is 4.04. The lowest BCUT2D eigenvalue weighted by Gasteiger charge is -2.32. The Labute approximate surface area is 122 Å². The third kappa shape index (κ3) is 3.51. The summed E-state index contributed by atoms with van der Waals surface area (Å²) in [4.78, 5) is 2.38. The zero-order valence-electron chi connectivity index (χ0n) is 12.2. The predicted octanol–water partition coefficient (Wildman–Crippen LogP) is 5.57. The summed E-state index contributed by atoms with van der Waals surface area (Å²) in [6, 6.07) is 21.5. The molecule has 2 aromatic rings. The van der Waals surface area contributed by atoms with Crippen LogP contribution in [0.1, 0.15) is 26.2 Å². The summed E-state index contributed by atoms with van der Waals surface area (Å²) in [5.41, 5.74) is 2.44. The molecule has 0 heterocycles. The molecule has 104 valence electrons. The van der Waals surface area contributed by atoms with Crippen molar-refractivity contribution in [2.45, 2.75) is 32.2 Å². The van der Waals surface area contributed by atoms with Gasteiger partial charge in [0.15, 0.2) is 0 Å². The van der Waals surface area contributed by atoms with E-state index in [1.54, 1.807) is 0 Å². The molecule has 1 nitrogen and oxygen atoms in total. The molecule has 0 aliphatic carbocycles. The van der Waals surface area contributed by atoms with Crippen LogP contribution in [0.3, 0.4) is 0 Å². The smallest absolute Gasteiger partial charge is 0.0519 e. The lowest BCUT2D eigenvalue weighted by molar-refractivity contribution is 0.642. The van der Waals surface area contributed by atoms with E-state index < -0.39 is 0 Å². The lowest BCUT2D eigenvalue weighted by atomic mass is 10.1. The van der Waals surface area contributed by atoms with Crippen molar-refractivity contribution in [1.82, 2.24) is 0 Å². The second kappa shape index (κ2) is 7.54. The molecule has 0 saturated carbocycles. The first-order chi connectivity index (χ1) is 9.86. The van der Waals surface area contributed by atoms with E-state index in [2.05, 4.69) is 85.1 Å². The minimum Gasteiger partial charge on any atom is -0.335 e. The topological polar surface area (TPSA) is 3.24 Å². The molecule has 1 heteroatoms. The molecular weight excluding hydrogens is 242 g/mol. The fraction of sp³-hybridized carbons (Fsp3) is 0.263. The monoisotopic (exact) mass is 265 g/mol. The molecule has 0 spiro atoms. The Bertz CT molecular complexity index is 464. The van der Waals surface area contributed by atoms with Gasteiger partial charge in [-0.15, -0.1) is 6.58 Å². The molecule has 0 saturated heterocycles. The highest BCUT2D eigenvalue weighted by Gasteiger charge is 2.17. The maximum Gasteiger partial charge on any atom is 0.0519 e. The molecule has 1 atom stereocenters. The third-order valence-corrected chi connectivity index (χ3v) is 3.53. The van der Waals surface area contributed by atoms with Crippen LogP contribution in [0.2, 0.25) is 0 Å². The van der Waals surface area contributed by atoms with Crippen LogP contribution in [0.25, 0.3) is 0 Å². The van der Waals surface area contributed by atoms with Crippen molar-refractivity contribution >= 4 is 11.4 Å². The number of para-hydroxylation sites is 2. The summed E-state index contributed by atoms with van der Waals surface area (Å²) >= 11 is 0. The molecule has 0 aliphatic rings. The number of nitrogens with zero attached hydrogens (tertiary/aromatic N) is 1. The number of unbranched alkanes of at least 4 members (excludes halogenated alkanes) is 1. The fourth-order valence-corrected chi connectivity index (χ4v) is 2.47. The van der Waals surface area contributed by atoms with Gasteiger partial charge in [-0.05, 0) is 30.7 Å². The zero-order valence-corrected chi connectivity index (χ0v) is 12.2.